The molecule has 0 spiro atoms. The van der Waals surface area contributed by atoms with E-state index in [4.69, 9.17) is 11.6 Å². The van der Waals surface area contributed by atoms with Crippen molar-refractivity contribution in [3.8, 4) is 0 Å². The molecule has 0 bridgehead atoms. The van der Waals surface area contributed by atoms with Gasteiger partial charge in [-0.1, -0.05) is 11.6 Å². The maximum absolute atomic E-state index is 13.0. The fraction of sp³-hybridized carbons (Fsp3) is 0.357. The first kappa shape index (κ1) is 16.8. The number of rotatable bonds is 2. The van der Waals surface area contributed by atoms with Crippen LogP contribution in [0.4, 0.5) is 13.2 Å². The maximum Gasteiger partial charge on any atom is 0.436 e. The van der Waals surface area contributed by atoms with Crippen LogP contribution >= 0.6 is 11.6 Å². The molecule has 0 aliphatic carbocycles. The highest BCUT2D eigenvalue weighted by molar-refractivity contribution is 6.31. The van der Waals surface area contributed by atoms with Gasteiger partial charge in [0, 0.05) is 7.05 Å². The van der Waals surface area contributed by atoms with E-state index in [1.54, 1.807) is 24.9 Å². The summed E-state index contributed by atoms with van der Waals surface area (Å²) >= 11 is 5.82. The molecule has 0 saturated carbocycles. The van der Waals surface area contributed by atoms with Crippen LogP contribution in [-0.4, -0.2) is 39.1 Å². The summed E-state index contributed by atoms with van der Waals surface area (Å²) in [6.07, 6.45) is -1.55. The summed E-state index contributed by atoms with van der Waals surface area (Å²) in [7, 11) is 1.75. The predicted octanol–water partition coefficient (Wildman–Crippen LogP) is 2.80. The van der Waals surface area contributed by atoms with Gasteiger partial charge in [-0.05, 0) is 13.8 Å². The average Bonchev–Trinajstić information content (AvgIpc) is 3.23. The molecule has 4 aromatic heterocycles. The third kappa shape index (κ3) is 2.34. The van der Waals surface area contributed by atoms with Gasteiger partial charge in [0.2, 0.25) is 0 Å². The van der Waals surface area contributed by atoms with Crippen molar-refractivity contribution in [3.63, 3.8) is 0 Å². The average molecular weight is 385 g/mol. The number of aromatic nitrogens is 8. The van der Waals surface area contributed by atoms with Crippen LogP contribution in [0.25, 0.3) is 16.7 Å². The highest BCUT2D eigenvalue weighted by atomic mass is 35.5. The fourth-order valence-electron chi connectivity index (χ4n) is 2.80. The van der Waals surface area contributed by atoms with Crippen LogP contribution in [0, 0.1) is 6.92 Å². The minimum Gasteiger partial charge on any atom is -0.257 e. The fourth-order valence-corrected chi connectivity index (χ4v) is 3.03. The summed E-state index contributed by atoms with van der Waals surface area (Å²) in [5.41, 5.74) is 0.206. The van der Waals surface area contributed by atoms with Gasteiger partial charge in [0.15, 0.2) is 22.8 Å². The van der Waals surface area contributed by atoms with Gasteiger partial charge in [0.25, 0.3) is 0 Å². The smallest absolute Gasteiger partial charge is 0.257 e. The number of fused-ring (bicyclic) bond motifs is 3. The Morgan fingerprint density at radius 1 is 1.19 bits per heavy atom. The van der Waals surface area contributed by atoms with Gasteiger partial charge >= 0.3 is 6.18 Å². The van der Waals surface area contributed by atoms with Crippen molar-refractivity contribution in [1.82, 2.24) is 39.1 Å². The van der Waals surface area contributed by atoms with Crippen LogP contribution < -0.4 is 0 Å². The summed E-state index contributed by atoms with van der Waals surface area (Å²) in [5.74, 6) is 0.291. The highest BCUT2D eigenvalue weighted by Gasteiger charge is 2.39. The van der Waals surface area contributed by atoms with Crippen LogP contribution in [0.3, 0.4) is 0 Å². The molecule has 0 N–H and O–H groups in total. The largest absolute Gasteiger partial charge is 0.436 e. The molecule has 8 nitrogen and oxygen atoms in total. The van der Waals surface area contributed by atoms with E-state index < -0.39 is 22.9 Å². The summed E-state index contributed by atoms with van der Waals surface area (Å²) in [5, 5.41) is 12.3. The second kappa shape index (κ2) is 5.40. The molecule has 0 aliphatic heterocycles. The molecule has 12 heteroatoms. The first-order valence-electron chi connectivity index (χ1n) is 7.53. The zero-order valence-electron chi connectivity index (χ0n) is 13.8. The number of alkyl halides is 3. The molecule has 4 aromatic rings. The molecule has 0 radical (unpaired) electrons. The Morgan fingerprint density at radius 2 is 1.92 bits per heavy atom. The number of nitrogens with zero attached hydrogens (tertiary/aromatic N) is 8. The minimum atomic E-state index is -4.63. The van der Waals surface area contributed by atoms with E-state index in [0.717, 1.165) is 0 Å². The lowest BCUT2D eigenvalue weighted by molar-refractivity contribution is -0.141. The van der Waals surface area contributed by atoms with E-state index in [9.17, 15) is 13.2 Å². The molecule has 0 unspecified atom stereocenters. The molecule has 4 rings (SSSR count). The van der Waals surface area contributed by atoms with Crippen molar-refractivity contribution in [3.05, 3.63) is 34.8 Å². The maximum atomic E-state index is 13.0. The molecule has 0 aromatic carbocycles. The number of aryl methyl sites for hydroxylation is 1. The van der Waals surface area contributed by atoms with Gasteiger partial charge < -0.3 is 0 Å². The topological polar surface area (TPSA) is 78.7 Å². The first-order chi connectivity index (χ1) is 12.2. The monoisotopic (exact) mass is 384 g/mol. The van der Waals surface area contributed by atoms with E-state index >= 15 is 0 Å². The van der Waals surface area contributed by atoms with Crippen molar-refractivity contribution in [2.45, 2.75) is 26.1 Å². The van der Waals surface area contributed by atoms with Gasteiger partial charge in [-0.15, -0.1) is 5.10 Å². The Morgan fingerprint density at radius 3 is 2.58 bits per heavy atom. The van der Waals surface area contributed by atoms with Crippen LogP contribution in [0.15, 0.2) is 12.5 Å². The zero-order valence-corrected chi connectivity index (χ0v) is 14.6. The molecular weight excluding hydrogens is 373 g/mol. The quantitative estimate of drug-likeness (QED) is 0.531. The van der Waals surface area contributed by atoms with Crippen molar-refractivity contribution in [1.29, 1.82) is 0 Å². The molecule has 136 valence electrons. The van der Waals surface area contributed by atoms with Gasteiger partial charge in [-0.2, -0.15) is 23.4 Å². The van der Waals surface area contributed by atoms with Gasteiger partial charge in [0.05, 0.1) is 22.3 Å². The van der Waals surface area contributed by atoms with E-state index in [1.807, 2.05) is 0 Å². The van der Waals surface area contributed by atoms with Crippen molar-refractivity contribution in [2.24, 2.45) is 7.05 Å². The second-order valence-electron chi connectivity index (χ2n) is 5.85. The lowest BCUT2D eigenvalue weighted by atomic mass is 10.3. The Labute approximate surface area is 149 Å². The van der Waals surface area contributed by atoms with E-state index in [-0.39, 0.29) is 5.69 Å². The summed E-state index contributed by atoms with van der Waals surface area (Å²) in [6.45, 7) is 3.12. The lowest BCUT2D eigenvalue weighted by Gasteiger charge is -2.10. The van der Waals surface area contributed by atoms with Crippen LogP contribution in [0.5, 0.6) is 0 Å². The Bertz CT molecular complexity index is 1140. The van der Waals surface area contributed by atoms with Crippen molar-refractivity contribution in [2.75, 3.05) is 0 Å². The molecule has 0 saturated heterocycles. The third-order valence-corrected chi connectivity index (χ3v) is 4.62. The second-order valence-corrected chi connectivity index (χ2v) is 6.23. The van der Waals surface area contributed by atoms with Crippen LogP contribution in [0.1, 0.15) is 30.2 Å². The Balaban J connectivity index is 1.84. The molecule has 26 heavy (non-hydrogen) atoms. The predicted molar refractivity (Wildman–Crippen MR) is 85.8 cm³/mol. The van der Waals surface area contributed by atoms with Crippen molar-refractivity contribution >= 4 is 28.3 Å². The summed E-state index contributed by atoms with van der Waals surface area (Å²) in [6, 6.07) is -0.657. The van der Waals surface area contributed by atoms with E-state index in [0.29, 0.717) is 22.5 Å². The Kier molecular flexibility index (Phi) is 3.48. The number of hydrogen-bond acceptors (Lipinski definition) is 5. The molecular formula is C14H12ClF3N8. The number of hydrogen-bond donors (Lipinski definition) is 0. The van der Waals surface area contributed by atoms with Gasteiger partial charge in [-0.25, -0.2) is 14.5 Å². The van der Waals surface area contributed by atoms with Crippen LogP contribution in [0.2, 0.25) is 5.02 Å². The van der Waals surface area contributed by atoms with Gasteiger partial charge in [-0.3, -0.25) is 9.36 Å². The molecule has 0 aliphatic rings. The van der Waals surface area contributed by atoms with Gasteiger partial charge in [0.1, 0.15) is 12.4 Å². The SMILES string of the molecule is Cc1c(Cl)c(C(F)(F)F)nn1[C@@H](C)c1nc2c3cnn(C)c3ncn2n1. The molecule has 1 atom stereocenters. The zero-order chi connectivity index (χ0) is 18.8. The summed E-state index contributed by atoms with van der Waals surface area (Å²) in [4.78, 5) is 8.70. The highest BCUT2D eigenvalue weighted by Crippen LogP contribution is 2.36. The van der Waals surface area contributed by atoms with E-state index in [2.05, 4.69) is 25.3 Å². The van der Waals surface area contributed by atoms with Crippen LogP contribution in [-0.2, 0) is 13.2 Å². The third-order valence-electron chi connectivity index (χ3n) is 4.17. The standard InChI is InChI=1S/C14H12ClF3N8/c1-6-9(15)10(14(16,17)18)22-26(6)7(2)11-21-13-8-4-20-24(3)12(8)19-5-25(13)23-11/h4-5,7H,1-3H3/t7-/m0/s1. The van der Waals surface area contributed by atoms with Crippen molar-refractivity contribution < 1.29 is 13.2 Å². The molecule has 0 amide bonds. The summed E-state index contributed by atoms with van der Waals surface area (Å²) < 4.78 is 43.3. The number of halogens is 4. The van der Waals surface area contributed by atoms with E-state index in [1.165, 1.54) is 22.4 Å². The minimum absolute atomic E-state index is 0.190. The molecule has 0 fully saturated rings. The first-order valence-corrected chi connectivity index (χ1v) is 7.91. The normalized spacial score (nSPS) is 13.8. The lowest BCUT2D eigenvalue weighted by Crippen LogP contribution is -2.14. The Hall–Kier alpha value is -2.69. The molecule has 4 heterocycles.